The minimum atomic E-state index is -5.02. The Hall–Kier alpha value is -2.84. The number of hydrazone groups is 1. The van der Waals surface area contributed by atoms with Gasteiger partial charge in [0.25, 0.3) is 0 Å². The van der Waals surface area contributed by atoms with Gasteiger partial charge >= 0.3 is 12.4 Å². The van der Waals surface area contributed by atoms with E-state index in [1.54, 1.807) is 0 Å². The van der Waals surface area contributed by atoms with Crippen LogP contribution < -0.4 is 5.11 Å². The summed E-state index contributed by atoms with van der Waals surface area (Å²) in [5.41, 5.74) is -2.06. The van der Waals surface area contributed by atoms with Gasteiger partial charge in [0, 0.05) is 12.8 Å². The predicted octanol–water partition coefficient (Wildman–Crippen LogP) is 4.63. The quantitative estimate of drug-likeness (QED) is 0.303. The van der Waals surface area contributed by atoms with Gasteiger partial charge in [-0.25, -0.2) is 0 Å². The van der Waals surface area contributed by atoms with Crippen molar-refractivity contribution in [3.63, 3.8) is 0 Å². The fourth-order valence-electron chi connectivity index (χ4n) is 3.26. The first-order chi connectivity index (χ1) is 14.0. The van der Waals surface area contributed by atoms with Gasteiger partial charge in [0.2, 0.25) is 0 Å². The lowest BCUT2D eigenvalue weighted by molar-refractivity contribution is -0.543. The molecule has 0 aromatic heterocycles. The third kappa shape index (κ3) is 5.40. The Balaban J connectivity index is 2.02. The van der Waals surface area contributed by atoms with E-state index in [-0.39, 0.29) is 6.07 Å². The fraction of sp³-hybridized carbons (Fsp3) is 0.333. The highest BCUT2D eigenvalue weighted by molar-refractivity contribution is 5.91. The van der Waals surface area contributed by atoms with Crippen LogP contribution in [-0.2, 0) is 18.8 Å². The first-order valence-electron chi connectivity index (χ1n) is 9.25. The zero-order valence-electron chi connectivity index (χ0n) is 15.7. The molecule has 3 nitrogen and oxygen atoms in total. The zero-order valence-corrected chi connectivity index (χ0v) is 15.7. The van der Waals surface area contributed by atoms with Crippen LogP contribution in [0.1, 0.15) is 41.5 Å². The van der Waals surface area contributed by atoms with Crippen molar-refractivity contribution in [2.75, 3.05) is 6.54 Å². The molecule has 0 fully saturated rings. The molecule has 160 valence electrons. The van der Waals surface area contributed by atoms with Gasteiger partial charge < -0.3 is 5.11 Å². The molecule has 0 unspecified atom stereocenters. The van der Waals surface area contributed by atoms with Crippen molar-refractivity contribution in [3.8, 4) is 0 Å². The molecule has 1 aliphatic heterocycles. The monoisotopic (exact) mass is 428 g/mol. The average molecular weight is 428 g/mol. The number of benzene rings is 2. The summed E-state index contributed by atoms with van der Waals surface area (Å²) >= 11 is 0. The maximum atomic E-state index is 13.0. The van der Waals surface area contributed by atoms with Gasteiger partial charge in [0.1, 0.15) is 0 Å². The van der Waals surface area contributed by atoms with E-state index >= 15 is 0 Å². The van der Waals surface area contributed by atoms with E-state index in [1.807, 2.05) is 30.3 Å². The predicted molar refractivity (Wildman–Crippen MR) is 97.1 cm³/mol. The SMILES string of the molecule is [O-]/C(=N\[N+]1=C(Cc2ccccc2)CCCC1)c1cc(C(F)(F)F)cc(C(F)(F)F)c1. The van der Waals surface area contributed by atoms with E-state index in [4.69, 9.17) is 0 Å². The number of halogens is 6. The Labute approximate surface area is 169 Å². The molecule has 0 N–H and O–H groups in total. The molecule has 3 rings (SSSR count). The Bertz CT molecular complexity index is 929. The van der Waals surface area contributed by atoms with Crippen LogP contribution in [0, 0.1) is 0 Å². The summed E-state index contributed by atoms with van der Waals surface area (Å²) in [6, 6.07) is 10.1. The van der Waals surface area contributed by atoms with Crippen molar-refractivity contribution in [3.05, 3.63) is 70.8 Å². The Morgan fingerprint density at radius 2 is 1.50 bits per heavy atom. The van der Waals surface area contributed by atoms with E-state index in [0.717, 1.165) is 17.7 Å². The summed E-state index contributed by atoms with van der Waals surface area (Å²) in [7, 11) is 0. The molecule has 0 saturated carbocycles. The molecule has 0 atom stereocenters. The summed E-state index contributed by atoms with van der Waals surface area (Å²) in [4.78, 5) is 0. The third-order valence-corrected chi connectivity index (χ3v) is 4.75. The number of hydrogen-bond acceptors (Lipinski definition) is 2. The van der Waals surface area contributed by atoms with Crippen LogP contribution in [0.25, 0.3) is 0 Å². The number of rotatable bonds is 4. The van der Waals surface area contributed by atoms with Crippen molar-refractivity contribution in [1.82, 2.24) is 0 Å². The lowest BCUT2D eigenvalue weighted by atomic mass is 10.0. The molecule has 0 saturated heterocycles. The Kier molecular flexibility index (Phi) is 6.19. The van der Waals surface area contributed by atoms with Crippen molar-refractivity contribution in [1.29, 1.82) is 0 Å². The molecule has 30 heavy (non-hydrogen) atoms. The van der Waals surface area contributed by atoms with Gasteiger partial charge in [-0.1, -0.05) is 35.0 Å². The van der Waals surface area contributed by atoms with Crippen LogP contribution in [0.4, 0.5) is 26.3 Å². The number of alkyl halides is 6. The molecular formula is C21H18F6N2O. The number of nitrogens with zero attached hydrogens (tertiary/aromatic N) is 2. The van der Waals surface area contributed by atoms with Gasteiger partial charge in [-0.05, 0) is 40.8 Å². The van der Waals surface area contributed by atoms with E-state index < -0.39 is 34.9 Å². The first kappa shape index (κ1) is 21.9. The normalized spacial score (nSPS) is 16.1. The maximum Gasteiger partial charge on any atom is 0.416 e. The second-order valence-corrected chi connectivity index (χ2v) is 7.01. The third-order valence-electron chi connectivity index (χ3n) is 4.75. The molecule has 2 aromatic carbocycles. The van der Waals surface area contributed by atoms with Crippen LogP contribution in [0.15, 0.2) is 53.6 Å². The molecule has 0 aliphatic carbocycles. The van der Waals surface area contributed by atoms with E-state index in [1.165, 1.54) is 4.68 Å². The smallest absolute Gasteiger partial charge is 0.416 e. The van der Waals surface area contributed by atoms with Gasteiger partial charge in [-0.15, -0.1) is 0 Å². The van der Waals surface area contributed by atoms with Crippen LogP contribution in [0.5, 0.6) is 0 Å². The molecule has 1 heterocycles. The van der Waals surface area contributed by atoms with Crippen molar-refractivity contribution < 1.29 is 36.1 Å². The summed E-state index contributed by atoms with van der Waals surface area (Å²) in [6.07, 6.45) is -7.33. The minimum Gasteiger partial charge on any atom is -0.854 e. The molecule has 0 bridgehead atoms. The number of hydrogen-bond donors (Lipinski definition) is 0. The topological polar surface area (TPSA) is 38.4 Å². The molecule has 0 amide bonds. The van der Waals surface area contributed by atoms with Gasteiger partial charge in [-0.2, -0.15) is 26.3 Å². The average Bonchev–Trinajstić information content (AvgIpc) is 2.68. The summed E-state index contributed by atoms with van der Waals surface area (Å²) in [5, 5.41) is 16.4. The summed E-state index contributed by atoms with van der Waals surface area (Å²) < 4.78 is 79.6. The molecule has 9 heteroatoms. The van der Waals surface area contributed by atoms with Gasteiger partial charge in [0.05, 0.1) is 23.4 Å². The molecular weight excluding hydrogens is 410 g/mol. The Morgan fingerprint density at radius 3 is 2.07 bits per heavy atom. The van der Waals surface area contributed by atoms with Crippen LogP contribution >= 0.6 is 0 Å². The van der Waals surface area contributed by atoms with E-state index in [2.05, 4.69) is 5.10 Å². The van der Waals surface area contributed by atoms with Crippen LogP contribution in [-0.4, -0.2) is 22.8 Å². The highest BCUT2D eigenvalue weighted by Gasteiger charge is 2.37. The standard InChI is InChI=1S/C21H18F6N2O/c22-20(23,24)16-11-15(12-17(13-16)21(25,26)27)19(30)28-29-9-5-4-8-18(29)10-14-6-2-1-3-7-14/h1-3,6-7,11-13H,4-5,8-10H2. The first-order valence-corrected chi connectivity index (χ1v) is 9.25. The molecule has 2 aromatic rings. The lowest BCUT2D eigenvalue weighted by Gasteiger charge is -2.17. The molecule has 0 radical (unpaired) electrons. The zero-order chi connectivity index (χ0) is 21.9. The highest BCUT2D eigenvalue weighted by atomic mass is 19.4. The molecule has 0 spiro atoms. The van der Waals surface area contributed by atoms with Crippen molar-refractivity contribution in [2.45, 2.75) is 38.0 Å². The second kappa shape index (κ2) is 8.49. The molecule has 1 aliphatic rings. The van der Waals surface area contributed by atoms with Crippen molar-refractivity contribution >= 4 is 11.6 Å². The van der Waals surface area contributed by atoms with Crippen LogP contribution in [0.3, 0.4) is 0 Å². The fourth-order valence-corrected chi connectivity index (χ4v) is 3.26. The highest BCUT2D eigenvalue weighted by Crippen LogP contribution is 2.36. The summed E-state index contributed by atoms with van der Waals surface area (Å²) in [5.74, 6) is -1.14. The lowest BCUT2D eigenvalue weighted by Crippen LogP contribution is -2.29. The largest absolute Gasteiger partial charge is 0.854 e. The van der Waals surface area contributed by atoms with E-state index in [9.17, 15) is 31.4 Å². The second-order valence-electron chi connectivity index (χ2n) is 7.01. The Morgan fingerprint density at radius 1 is 0.900 bits per heavy atom. The van der Waals surface area contributed by atoms with Crippen LogP contribution in [0.2, 0.25) is 0 Å². The van der Waals surface area contributed by atoms with Gasteiger partial charge in [-0.3, -0.25) is 0 Å². The summed E-state index contributed by atoms with van der Waals surface area (Å²) in [6.45, 7) is 0.374. The minimum absolute atomic E-state index is 0.00929. The maximum absolute atomic E-state index is 13.0. The van der Waals surface area contributed by atoms with Crippen molar-refractivity contribution in [2.24, 2.45) is 5.10 Å². The van der Waals surface area contributed by atoms with E-state index in [0.29, 0.717) is 37.9 Å². The van der Waals surface area contributed by atoms with Gasteiger partial charge in [0.15, 0.2) is 12.3 Å².